The monoisotopic (exact) mass is 330 g/mol. The third-order valence-electron chi connectivity index (χ3n) is 4.23. The molecule has 2 atom stereocenters. The Morgan fingerprint density at radius 2 is 2.05 bits per heavy atom. The van der Waals surface area contributed by atoms with Crippen molar-refractivity contribution < 1.29 is 9.53 Å². The van der Waals surface area contributed by atoms with E-state index in [4.69, 9.17) is 16.3 Å². The molecule has 0 unspecified atom stereocenters. The second-order valence-corrected chi connectivity index (χ2v) is 6.08. The van der Waals surface area contributed by atoms with E-state index in [1.165, 1.54) is 0 Å². The van der Waals surface area contributed by atoms with Gasteiger partial charge in [0.05, 0.1) is 0 Å². The molecular formula is C15H20Cl2N2O2. The van der Waals surface area contributed by atoms with E-state index in [0.29, 0.717) is 22.6 Å². The van der Waals surface area contributed by atoms with Crippen LogP contribution in [0.15, 0.2) is 18.2 Å². The number of halogens is 2. The first-order chi connectivity index (χ1) is 9.63. The van der Waals surface area contributed by atoms with Crippen LogP contribution in [-0.4, -0.2) is 43.6 Å². The Balaban J connectivity index is 0.00000161. The highest BCUT2D eigenvalue weighted by molar-refractivity contribution is 6.31. The summed E-state index contributed by atoms with van der Waals surface area (Å²) in [6, 6.07) is 5.45. The van der Waals surface area contributed by atoms with Gasteiger partial charge in [-0.1, -0.05) is 11.6 Å². The van der Waals surface area contributed by atoms with Crippen LogP contribution in [0.4, 0.5) is 0 Å². The van der Waals surface area contributed by atoms with E-state index in [0.717, 1.165) is 31.7 Å². The predicted octanol–water partition coefficient (Wildman–Crippen LogP) is 2.13. The highest BCUT2D eigenvalue weighted by Gasteiger charge is 2.37. The number of benzene rings is 1. The maximum absolute atomic E-state index is 12.2. The minimum atomic E-state index is 0. The molecule has 4 nitrogen and oxygen atoms in total. The van der Waals surface area contributed by atoms with Gasteiger partial charge in [-0.05, 0) is 42.5 Å². The smallest absolute Gasteiger partial charge is 0.260 e. The number of nitrogens with zero attached hydrogens (tertiary/aromatic N) is 1. The summed E-state index contributed by atoms with van der Waals surface area (Å²) in [6.45, 7) is 5.82. The Morgan fingerprint density at radius 3 is 2.67 bits per heavy atom. The van der Waals surface area contributed by atoms with Gasteiger partial charge in [0.1, 0.15) is 5.75 Å². The third kappa shape index (κ3) is 3.62. The lowest BCUT2D eigenvalue weighted by Crippen LogP contribution is -2.35. The van der Waals surface area contributed by atoms with E-state index in [1.807, 2.05) is 17.9 Å². The lowest BCUT2D eigenvalue weighted by molar-refractivity contribution is -0.132. The van der Waals surface area contributed by atoms with Gasteiger partial charge in [0, 0.05) is 31.2 Å². The molecule has 2 saturated heterocycles. The number of nitrogens with one attached hydrogen (secondary N) is 1. The van der Waals surface area contributed by atoms with E-state index < -0.39 is 0 Å². The van der Waals surface area contributed by atoms with Crippen molar-refractivity contribution in [2.75, 3.05) is 32.8 Å². The minimum Gasteiger partial charge on any atom is -0.484 e. The summed E-state index contributed by atoms with van der Waals surface area (Å²) in [7, 11) is 0. The van der Waals surface area contributed by atoms with E-state index >= 15 is 0 Å². The molecule has 0 aliphatic carbocycles. The van der Waals surface area contributed by atoms with E-state index in [-0.39, 0.29) is 24.9 Å². The van der Waals surface area contributed by atoms with Gasteiger partial charge in [0.25, 0.3) is 5.91 Å². The minimum absolute atomic E-state index is 0. The standard InChI is InChI=1S/C15H19ClN2O2.ClH/c1-10-4-13(2-3-14(10)16)20-9-15(19)18-7-11-5-17-6-12(11)8-18;/h2-4,11-12,17H,5-9H2,1H3;1H/t11-,12+;. The Morgan fingerprint density at radius 1 is 1.38 bits per heavy atom. The van der Waals surface area contributed by atoms with Gasteiger partial charge in [-0.25, -0.2) is 0 Å². The number of aryl methyl sites for hydroxylation is 1. The third-order valence-corrected chi connectivity index (χ3v) is 4.66. The fraction of sp³-hybridized carbons (Fsp3) is 0.533. The van der Waals surface area contributed by atoms with Crippen LogP contribution in [0.25, 0.3) is 0 Å². The molecule has 3 rings (SSSR count). The first-order valence-corrected chi connectivity index (χ1v) is 7.38. The van der Waals surface area contributed by atoms with Crippen molar-refractivity contribution in [2.24, 2.45) is 11.8 Å². The maximum atomic E-state index is 12.2. The summed E-state index contributed by atoms with van der Waals surface area (Å²) < 4.78 is 5.57. The summed E-state index contributed by atoms with van der Waals surface area (Å²) in [5.74, 6) is 2.02. The van der Waals surface area contributed by atoms with Crippen molar-refractivity contribution in [3.05, 3.63) is 28.8 Å². The highest BCUT2D eigenvalue weighted by Crippen LogP contribution is 2.26. The van der Waals surface area contributed by atoms with Crippen molar-refractivity contribution in [3.8, 4) is 5.75 Å². The molecule has 0 bridgehead atoms. The van der Waals surface area contributed by atoms with Crippen LogP contribution in [0.2, 0.25) is 5.02 Å². The zero-order valence-electron chi connectivity index (χ0n) is 12.0. The fourth-order valence-corrected chi connectivity index (χ4v) is 3.12. The summed E-state index contributed by atoms with van der Waals surface area (Å²) >= 11 is 5.96. The molecule has 0 saturated carbocycles. The number of carbonyl (C=O) groups excluding carboxylic acids is 1. The number of amides is 1. The molecule has 2 aliphatic heterocycles. The van der Waals surface area contributed by atoms with Gasteiger partial charge >= 0.3 is 0 Å². The van der Waals surface area contributed by atoms with Crippen molar-refractivity contribution in [2.45, 2.75) is 6.92 Å². The molecule has 21 heavy (non-hydrogen) atoms. The molecule has 0 spiro atoms. The van der Waals surface area contributed by atoms with Gasteiger partial charge in [-0.2, -0.15) is 0 Å². The summed E-state index contributed by atoms with van der Waals surface area (Å²) in [6.07, 6.45) is 0. The van der Waals surface area contributed by atoms with Crippen molar-refractivity contribution in [1.82, 2.24) is 10.2 Å². The molecule has 1 N–H and O–H groups in total. The normalized spacial score (nSPS) is 23.6. The van der Waals surface area contributed by atoms with Gasteiger partial charge in [-0.15, -0.1) is 12.4 Å². The molecular weight excluding hydrogens is 311 g/mol. The van der Waals surface area contributed by atoms with Crippen LogP contribution < -0.4 is 10.1 Å². The Bertz CT molecular complexity index is 512. The van der Waals surface area contributed by atoms with Gasteiger partial charge in [-0.3, -0.25) is 4.79 Å². The summed E-state index contributed by atoms with van der Waals surface area (Å²) in [4.78, 5) is 14.1. The molecule has 1 aromatic rings. The van der Waals surface area contributed by atoms with Crippen molar-refractivity contribution in [1.29, 1.82) is 0 Å². The molecule has 2 fully saturated rings. The maximum Gasteiger partial charge on any atom is 0.260 e. The van der Waals surface area contributed by atoms with Gasteiger partial charge in [0.15, 0.2) is 6.61 Å². The molecule has 116 valence electrons. The predicted molar refractivity (Wildman–Crippen MR) is 85.4 cm³/mol. The van der Waals surface area contributed by atoms with Crippen LogP contribution in [0.3, 0.4) is 0 Å². The van der Waals surface area contributed by atoms with Crippen LogP contribution in [0, 0.1) is 18.8 Å². The molecule has 6 heteroatoms. The first kappa shape index (κ1) is 16.4. The lowest BCUT2D eigenvalue weighted by atomic mass is 10.0. The van der Waals surface area contributed by atoms with Crippen LogP contribution >= 0.6 is 24.0 Å². The van der Waals surface area contributed by atoms with Crippen molar-refractivity contribution >= 4 is 29.9 Å². The fourth-order valence-electron chi connectivity index (χ4n) is 3.00. The zero-order valence-corrected chi connectivity index (χ0v) is 13.5. The number of ether oxygens (including phenoxy) is 1. The van der Waals surface area contributed by atoms with E-state index in [1.54, 1.807) is 12.1 Å². The van der Waals surface area contributed by atoms with Gasteiger partial charge < -0.3 is 15.0 Å². The molecule has 0 radical (unpaired) electrons. The van der Waals surface area contributed by atoms with Crippen LogP contribution in [0.1, 0.15) is 5.56 Å². The summed E-state index contributed by atoms with van der Waals surface area (Å²) in [5.41, 5.74) is 0.957. The topological polar surface area (TPSA) is 41.6 Å². The SMILES string of the molecule is Cc1cc(OCC(=O)N2C[C@H]3CNC[C@H]3C2)ccc1Cl.Cl. The quantitative estimate of drug-likeness (QED) is 0.923. The Kier molecular flexibility index (Phi) is 5.36. The highest BCUT2D eigenvalue weighted by atomic mass is 35.5. The number of fused-ring (bicyclic) bond motifs is 1. The average Bonchev–Trinajstić information content (AvgIpc) is 3.00. The summed E-state index contributed by atoms with van der Waals surface area (Å²) in [5, 5.41) is 4.08. The number of rotatable bonds is 3. The molecule has 2 aliphatic rings. The number of carbonyl (C=O) groups is 1. The van der Waals surface area contributed by atoms with Crippen LogP contribution in [-0.2, 0) is 4.79 Å². The van der Waals surface area contributed by atoms with Crippen molar-refractivity contribution in [3.63, 3.8) is 0 Å². The largest absolute Gasteiger partial charge is 0.484 e. The lowest BCUT2D eigenvalue weighted by Gasteiger charge is -2.18. The van der Waals surface area contributed by atoms with E-state index in [9.17, 15) is 4.79 Å². The Labute approximate surface area is 136 Å². The second kappa shape index (κ2) is 6.86. The molecule has 1 aromatic carbocycles. The van der Waals surface area contributed by atoms with Gasteiger partial charge in [0.2, 0.25) is 0 Å². The molecule has 2 heterocycles. The number of likely N-dealkylation sites (tertiary alicyclic amines) is 1. The number of hydrogen-bond acceptors (Lipinski definition) is 3. The van der Waals surface area contributed by atoms with Crippen LogP contribution in [0.5, 0.6) is 5.75 Å². The number of hydrogen-bond donors (Lipinski definition) is 1. The van der Waals surface area contributed by atoms with E-state index in [2.05, 4.69) is 5.32 Å². The zero-order chi connectivity index (χ0) is 14.1. The molecule has 0 aromatic heterocycles. The first-order valence-electron chi connectivity index (χ1n) is 7.01. The molecule has 1 amide bonds. The Hall–Kier alpha value is -0.970. The average molecular weight is 331 g/mol. The second-order valence-electron chi connectivity index (χ2n) is 5.68.